The predicted molar refractivity (Wildman–Crippen MR) is 108 cm³/mol. The minimum atomic E-state index is 0.788. The van der Waals surface area contributed by atoms with E-state index < -0.39 is 0 Å². The van der Waals surface area contributed by atoms with E-state index in [1.54, 1.807) is 0 Å². The highest BCUT2D eigenvalue weighted by Gasteiger charge is 2.14. The Hall–Kier alpha value is -1.99. The number of aromatic nitrogens is 4. The molecule has 0 amide bonds. The normalized spacial score (nSPS) is 14.9. The summed E-state index contributed by atoms with van der Waals surface area (Å²) in [4.78, 5) is 11.6. The van der Waals surface area contributed by atoms with Gasteiger partial charge in [-0.15, -0.1) is 0 Å². The van der Waals surface area contributed by atoms with Gasteiger partial charge in [-0.3, -0.25) is 9.30 Å². The van der Waals surface area contributed by atoms with Crippen molar-refractivity contribution in [3.63, 3.8) is 0 Å². The second-order valence-corrected chi connectivity index (χ2v) is 7.27. The molecule has 1 N–H and O–H groups in total. The molecule has 0 saturated carbocycles. The van der Waals surface area contributed by atoms with Gasteiger partial charge in [0.1, 0.15) is 5.00 Å². The number of hydrogen-bond acceptors (Lipinski definition) is 6. The lowest BCUT2D eigenvalue weighted by Gasteiger charge is -2.25. The maximum Gasteiger partial charge on any atom is 0.180 e. The lowest BCUT2D eigenvalue weighted by molar-refractivity contribution is 0.219. The standard InChI is InChI=1S/C17H22N6S.C2H6/c1-12-10-23-13(2)9-18-17(23)16(19-12)20-15-8-14(21-24-15)11-22-6-4-3-5-7-22;1-2/h8-10H,3-7,11H2,1-2H3,(H,19,20);1-2H3. The summed E-state index contributed by atoms with van der Waals surface area (Å²) in [5.41, 5.74) is 4.05. The average molecular weight is 373 g/mol. The molecule has 0 atom stereocenters. The van der Waals surface area contributed by atoms with Crippen molar-refractivity contribution in [2.45, 2.75) is 53.5 Å². The summed E-state index contributed by atoms with van der Waals surface area (Å²) in [6.45, 7) is 11.4. The van der Waals surface area contributed by atoms with Gasteiger partial charge in [0.25, 0.3) is 0 Å². The number of likely N-dealkylation sites (tertiary alicyclic amines) is 1. The first-order valence-corrected chi connectivity index (χ1v) is 10.2. The topological polar surface area (TPSA) is 58.4 Å². The Bertz CT molecular complexity index is 847. The number of piperidine rings is 1. The number of hydrogen-bond donors (Lipinski definition) is 1. The number of fused-ring (bicyclic) bond motifs is 1. The molecule has 26 heavy (non-hydrogen) atoms. The van der Waals surface area contributed by atoms with Crippen LogP contribution in [0.4, 0.5) is 10.8 Å². The van der Waals surface area contributed by atoms with Crippen molar-refractivity contribution >= 4 is 28.0 Å². The van der Waals surface area contributed by atoms with Crippen molar-refractivity contribution < 1.29 is 0 Å². The maximum atomic E-state index is 4.61. The van der Waals surface area contributed by atoms with E-state index >= 15 is 0 Å². The molecule has 0 aromatic carbocycles. The largest absolute Gasteiger partial charge is 0.328 e. The van der Waals surface area contributed by atoms with Crippen LogP contribution in [0.25, 0.3) is 5.65 Å². The van der Waals surface area contributed by atoms with Crippen molar-refractivity contribution in [3.05, 3.63) is 35.5 Å². The van der Waals surface area contributed by atoms with Crippen LogP contribution in [0.15, 0.2) is 18.5 Å². The molecule has 0 bridgehead atoms. The Balaban J connectivity index is 0.000000948. The van der Waals surface area contributed by atoms with Crippen LogP contribution in [0.3, 0.4) is 0 Å². The van der Waals surface area contributed by atoms with Gasteiger partial charge in [-0.1, -0.05) is 20.3 Å². The Morgan fingerprint density at radius 2 is 1.92 bits per heavy atom. The lowest BCUT2D eigenvalue weighted by Crippen LogP contribution is -2.29. The van der Waals surface area contributed by atoms with Crippen LogP contribution in [0.5, 0.6) is 0 Å². The van der Waals surface area contributed by atoms with E-state index in [4.69, 9.17) is 0 Å². The second kappa shape index (κ2) is 8.60. The van der Waals surface area contributed by atoms with Crippen LogP contribution in [0.1, 0.15) is 50.2 Å². The third kappa shape index (κ3) is 4.22. The van der Waals surface area contributed by atoms with Gasteiger partial charge in [0.05, 0.1) is 11.4 Å². The molecule has 1 saturated heterocycles. The summed E-state index contributed by atoms with van der Waals surface area (Å²) in [5, 5.41) is 4.42. The zero-order chi connectivity index (χ0) is 18.5. The molecular weight excluding hydrogens is 344 g/mol. The summed E-state index contributed by atoms with van der Waals surface area (Å²) < 4.78 is 6.67. The summed E-state index contributed by atoms with van der Waals surface area (Å²) in [5.74, 6) is 0.788. The van der Waals surface area contributed by atoms with Crippen molar-refractivity contribution in [1.29, 1.82) is 0 Å². The van der Waals surface area contributed by atoms with Gasteiger partial charge in [0.2, 0.25) is 0 Å². The average Bonchev–Trinajstić information content (AvgIpc) is 3.25. The highest BCUT2D eigenvalue weighted by Crippen LogP contribution is 2.25. The first-order chi connectivity index (χ1) is 12.7. The van der Waals surface area contributed by atoms with Crippen molar-refractivity contribution in [2.75, 3.05) is 18.4 Å². The molecule has 4 heterocycles. The molecule has 1 aliphatic heterocycles. The molecule has 0 spiro atoms. The van der Waals surface area contributed by atoms with E-state index in [-0.39, 0.29) is 0 Å². The molecular formula is C19H28N6S. The third-order valence-electron chi connectivity index (χ3n) is 4.43. The molecule has 1 fully saturated rings. The maximum absolute atomic E-state index is 4.61. The zero-order valence-corrected chi connectivity index (χ0v) is 16.9. The quantitative estimate of drug-likeness (QED) is 0.727. The fraction of sp³-hybridized carbons (Fsp3) is 0.526. The van der Waals surface area contributed by atoms with E-state index in [2.05, 4.69) is 35.0 Å². The molecule has 0 unspecified atom stereocenters. The van der Waals surface area contributed by atoms with Crippen LogP contribution in [0, 0.1) is 13.8 Å². The van der Waals surface area contributed by atoms with Crippen LogP contribution >= 0.6 is 11.5 Å². The molecule has 0 aliphatic carbocycles. The van der Waals surface area contributed by atoms with Gasteiger partial charge >= 0.3 is 0 Å². The van der Waals surface area contributed by atoms with Crippen molar-refractivity contribution in [3.8, 4) is 0 Å². The van der Waals surface area contributed by atoms with E-state index in [1.807, 2.05) is 40.1 Å². The Kier molecular flexibility index (Phi) is 6.21. The predicted octanol–water partition coefficient (Wildman–Crippen LogP) is 4.56. The molecule has 3 aromatic heterocycles. The SMILES string of the molecule is CC.Cc1cn2c(C)cnc2c(Nc2cc(CN3CCCCC3)ns2)n1. The molecule has 7 heteroatoms. The van der Waals surface area contributed by atoms with E-state index in [9.17, 15) is 0 Å². The number of nitrogens with one attached hydrogen (secondary N) is 1. The number of aryl methyl sites for hydroxylation is 2. The third-order valence-corrected chi connectivity index (χ3v) is 5.17. The summed E-state index contributed by atoms with van der Waals surface area (Å²) >= 11 is 1.49. The van der Waals surface area contributed by atoms with E-state index in [0.717, 1.165) is 40.1 Å². The number of nitrogens with zero attached hydrogens (tertiary/aromatic N) is 5. The van der Waals surface area contributed by atoms with Crippen LogP contribution in [-0.2, 0) is 6.54 Å². The van der Waals surface area contributed by atoms with Gasteiger partial charge in [-0.2, -0.15) is 4.37 Å². The van der Waals surface area contributed by atoms with Crippen LogP contribution in [-0.4, -0.2) is 36.7 Å². The minimum Gasteiger partial charge on any atom is -0.328 e. The molecule has 3 aromatic rings. The zero-order valence-electron chi connectivity index (χ0n) is 16.1. The van der Waals surface area contributed by atoms with Crippen molar-refractivity contribution in [1.82, 2.24) is 23.6 Å². The second-order valence-electron chi connectivity index (χ2n) is 6.47. The van der Waals surface area contributed by atoms with Gasteiger partial charge in [-0.25, -0.2) is 9.97 Å². The molecule has 4 rings (SSSR count). The monoisotopic (exact) mass is 372 g/mol. The van der Waals surface area contributed by atoms with E-state index in [0.29, 0.717) is 0 Å². The van der Waals surface area contributed by atoms with E-state index in [1.165, 1.54) is 43.9 Å². The first kappa shape index (κ1) is 18.8. The smallest absolute Gasteiger partial charge is 0.180 e. The van der Waals surface area contributed by atoms with Crippen LogP contribution in [0.2, 0.25) is 0 Å². The summed E-state index contributed by atoms with van der Waals surface area (Å²) in [6, 6.07) is 2.13. The Labute approximate surface area is 159 Å². The van der Waals surface area contributed by atoms with Gasteiger partial charge in [0.15, 0.2) is 11.5 Å². The Morgan fingerprint density at radius 1 is 1.15 bits per heavy atom. The molecule has 0 radical (unpaired) electrons. The number of imidazole rings is 1. The van der Waals surface area contributed by atoms with Crippen molar-refractivity contribution in [2.24, 2.45) is 0 Å². The summed E-state index contributed by atoms with van der Waals surface area (Å²) in [7, 11) is 0. The first-order valence-electron chi connectivity index (χ1n) is 9.45. The minimum absolute atomic E-state index is 0.788. The lowest BCUT2D eigenvalue weighted by atomic mass is 10.1. The van der Waals surface area contributed by atoms with Crippen LogP contribution < -0.4 is 5.32 Å². The number of anilines is 2. The van der Waals surface area contributed by atoms with Gasteiger partial charge in [0, 0.05) is 24.6 Å². The van der Waals surface area contributed by atoms with Gasteiger partial charge in [-0.05, 0) is 57.4 Å². The molecule has 6 nitrogen and oxygen atoms in total. The molecule has 1 aliphatic rings. The highest BCUT2D eigenvalue weighted by atomic mass is 32.1. The summed E-state index contributed by atoms with van der Waals surface area (Å²) in [6.07, 6.45) is 7.85. The number of rotatable bonds is 4. The van der Waals surface area contributed by atoms with Gasteiger partial charge < -0.3 is 5.32 Å². The Morgan fingerprint density at radius 3 is 2.69 bits per heavy atom. The fourth-order valence-electron chi connectivity index (χ4n) is 3.22. The highest BCUT2D eigenvalue weighted by molar-refractivity contribution is 7.10. The fourth-order valence-corrected chi connectivity index (χ4v) is 3.88. The molecule has 140 valence electrons.